The zero-order valence-corrected chi connectivity index (χ0v) is 10.9. The van der Waals surface area contributed by atoms with Gasteiger partial charge in [-0.1, -0.05) is 60.7 Å². The second kappa shape index (κ2) is 6.61. The predicted molar refractivity (Wildman–Crippen MR) is 76.2 cm³/mol. The van der Waals surface area contributed by atoms with E-state index in [0.717, 1.165) is 5.56 Å². The zero-order valence-electron chi connectivity index (χ0n) is 10.9. The van der Waals surface area contributed by atoms with E-state index in [4.69, 9.17) is 0 Å². The van der Waals surface area contributed by atoms with Crippen molar-refractivity contribution in [3.05, 3.63) is 81.9 Å². The maximum atomic E-state index is 12.3. The molecule has 0 radical (unpaired) electrons. The number of carbonyl (C=O) groups excluding carboxylic acids is 1. The fraction of sp³-hybridized carbons (Fsp3) is 0.188. The van der Waals surface area contributed by atoms with Gasteiger partial charge in [0, 0.05) is 11.3 Å². The van der Waals surface area contributed by atoms with E-state index < -0.39 is 10.8 Å². The molecule has 0 spiro atoms. The first-order valence-corrected chi connectivity index (χ1v) is 6.40. The second-order valence-electron chi connectivity index (χ2n) is 4.61. The molecule has 0 saturated heterocycles. The van der Waals surface area contributed by atoms with Gasteiger partial charge in [-0.2, -0.15) is 0 Å². The van der Waals surface area contributed by atoms with Gasteiger partial charge < -0.3 is 0 Å². The van der Waals surface area contributed by atoms with Gasteiger partial charge in [-0.15, -0.1) is 0 Å². The molecule has 0 aliphatic heterocycles. The Balaban J connectivity index is 2.18. The van der Waals surface area contributed by atoms with Crippen molar-refractivity contribution in [3.8, 4) is 0 Å². The highest BCUT2D eigenvalue weighted by Crippen LogP contribution is 2.19. The highest BCUT2D eigenvalue weighted by Gasteiger charge is 2.25. The quantitative estimate of drug-likeness (QED) is 0.598. The van der Waals surface area contributed by atoms with E-state index in [9.17, 15) is 14.9 Å². The van der Waals surface area contributed by atoms with Crippen molar-refractivity contribution >= 4 is 5.78 Å². The Kier molecular flexibility index (Phi) is 4.60. The topological polar surface area (TPSA) is 60.2 Å². The number of nitrogens with zero attached hydrogens (tertiary/aromatic N) is 1. The van der Waals surface area contributed by atoms with E-state index in [-0.39, 0.29) is 18.7 Å². The second-order valence-corrected chi connectivity index (χ2v) is 4.61. The van der Waals surface area contributed by atoms with Gasteiger partial charge in [0.05, 0.1) is 0 Å². The summed E-state index contributed by atoms with van der Waals surface area (Å²) in [5, 5.41) is 10.8. The first-order valence-electron chi connectivity index (χ1n) is 6.40. The van der Waals surface area contributed by atoms with Gasteiger partial charge in [0.2, 0.25) is 6.54 Å². The van der Waals surface area contributed by atoms with Crippen LogP contribution in [0.3, 0.4) is 0 Å². The van der Waals surface area contributed by atoms with Crippen LogP contribution in [0.4, 0.5) is 0 Å². The third kappa shape index (κ3) is 3.75. The monoisotopic (exact) mass is 269 g/mol. The Morgan fingerprint density at radius 2 is 1.55 bits per heavy atom. The molecule has 0 amide bonds. The summed E-state index contributed by atoms with van der Waals surface area (Å²) in [5.41, 5.74) is 1.58. The molecule has 2 aromatic carbocycles. The van der Waals surface area contributed by atoms with E-state index in [2.05, 4.69) is 0 Å². The maximum Gasteiger partial charge on any atom is 0.217 e. The van der Waals surface area contributed by atoms with Crippen molar-refractivity contribution in [2.75, 3.05) is 6.54 Å². The van der Waals surface area contributed by atoms with Crippen LogP contribution in [0.2, 0.25) is 0 Å². The fourth-order valence-corrected chi connectivity index (χ4v) is 2.15. The number of carbonyl (C=O) groups is 1. The third-order valence-electron chi connectivity index (χ3n) is 3.14. The molecule has 2 rings (SSSR count). The van der Waals surface area contributed by atoms with Crippen molar-refractivity contribution in [2.45, 2.75) is 12.3 Å². The molecule has 0 saturated carbocycles. The summed E-state index contributed by atoms with van der Waals surface area (Å²) in [4.78, 5) is 22.7. The molecule has 1 atom stereocenters. The number of hydrogen-bond acceptors (Lipinski definition) is 3. The molecular weight excluding hydrogens is 254 g/mol. The Labute approximate surface area is 117 Å². The van der Waals surface area contributed by atoms with E-state index in [0.29, 0.717) is 5.56 Å². The Morgan fingerprint density at radius 1 is 1.00 bits per heavy atom. The number of Topliss-reactive ketones (excluding diaryl/α,β-unsaturated/α-hetero) is 1. The Hall–Kier alpha value is -2.49. The summed E-state index contributed by atoms with van der Waals surface area (Å²) in [6.07, 6.45) is 0.217. The smallest absolute Gasteiger partial charge is 0.217 e. The lowest BCUT2D eigenvalue weighted by Crippen LogP contribution is -2.23. The molecule has 4 nitrogen and oxygen atoms in total. The molecule has 4 heteroatoms. The average molecular weight is 269 g/mol. The summed E-state index contributed by atoms with van der Waals surface area (Å²) in [5.74, 6) is -0.814. The Morgan fingerprint density at radius 3 is 2.10 bits per heavy atom. The number of hydrogen-bond donors (Lipinski definition) is 0. The standard InChI is InChI=1S/C16H15NO3/c18-16(11-13-7-3-1-4-8-13)15(12-17(19)20)14-9-5-2-6-10-14/h1-10,15H,11-12H2/t15-/m1/s1. The van der Waals surface area contributed by atoms with Crippen LogP contribution < -0.4 is 0 Å². The van der Waals surface area contributed by atoms with E-state index in [1.807, 2.05) is 36.4 Å². The molecule has 102 valence electrons. The summed E-state index contributed by atoms with van der Waals surface area (Å²) >= 11 is 0. The van der Waals surface area contributed by atoms with Crippen LogP contribution >= 0.6 is 0 Å². The van der Waals surface area contributed by atoms with Crippen molar-refractivity contribution < 1.29 is 9.72 Å². The molecule has 20 heavy (non-hydrogen) atoms. The summed E-state index contributed by atoms with van der Waals surface area (Å²) in [7, 11) is 0. The SMILES string of the molecule is O=C(Cc1ccccc1)[C@H](C[N+](=O)[O-])c1ccccc1. The van der Waals surface area contributed by atoms with E-state index >= 15 is 0 Å². The van der Waals surface area contributed by atoms with Gasteiger partial charge in [0.15, 0.2) is 5.78 Å². The lowest BCUT2D eigenvalue weighted by Gasteiger charge is -2.12. The van der Waals surface area contributed by atoms with Crippen molar-refractivity contribution in [3.63, 3.8) is 0 Å². The molecule has 0 bridgehead atoms. The third-order valence-corrected chi connectivity index (χ3v) is 3.14. The van der Waals surface area contributed by atoms with Crippen LogP contribution in [0.25, 0.3) is 0 Å². The summed E-state index contributed by atoms with van der Waals surface area (Å²) < 4.78 is 0. The number of nitro groups is 1. The predicted octanol–water partition coefficient (Wildman–Crippen LogP) is 2.86. The van der Waals surface area contributed by atoms with Gasteiger partial charge in [0.1, 0.15) is 5.92 Å². The minimum absolute atomic E-state index is 0.126. The highest BCUT2D eigenvalue weighted by atomic mass is 16.6. The van der Waals surface area contributed by atoms with Gasteiger partial charge in [0.25, 0.3) is 0 Å². The Bertz CT molecular complexity index is 581. The molecule has 0 aromatic heterocycles. The van der Waals surface area contributed by atoms with Crippen LogP contribution in [0.1, 0.15) is 17.0 Å². The lowest BCUT2D eigenvalue weighted by atomic mass is 9.91. The first kappa shape index (κ1) is 13.9. The first-order chi connectivity index (χ1) is 9.66. The van der Waals surface area contributed by atoms with Gasteiger partial charge >= 0.3 is 0 Å². The van der Waals surface area contributed by atoms with Crippen LogP contribution in [0, 0.1) is 10.1 Å². The minimum Gasteiger partial charge on any atom is -0.298 e. The average Bonchev–Trinajstić information content (AvgIpc) is 2.46. The molecule has 2 aromatic rings. The molecule has 0 N–H and O–H groups in total. The van der Waals surface area contributed by atoms with Crippen LogP contribution in [-0.4, -0.2) is 17.3 Å². The minimum atomic E-state index is -0.689. The normalized spacial score (nSPS) is 11.8. The molecule has 0 fully saturated rings. The van der Waals surface area contributed by atoms with Crippen LogP contribution in [0.15, 0.2) is 60.7 Å². The summed E-state index contributed by atoms with van der Waals surface area (Å²) in [6.45, 7) is -0.365. The fourth-order valence-electron chi connectivity index (χ4n) is 2.15. The van der Waals surface area contributed by atoms with Gasteiger partial charge in [-0.05, 0) is 11.1 Å². The van der Waals surface area contributed by atoms with Crippen molar-refractivity contribution in [1.82, 2.24) is 0 Å². The molecule has 0 aliphatic carbocycles. The van der Waals surface area contributed by atoms with Gasteiger partial charge in [-0.3, -0.25) is 14.9 Å². The lowest BCUT2D eigenvalue weighted by molar-refractivity contribution is -0.481. The highest BCUT2D eigenvalue weighted by molar-refractivity contribution is 5.87. The largest absolute Gasteiger partial charge is 0.298 e. The number of benzene rings is 2. The molecular formula is C16H15NO3. The number of rotatable bonds is 6. The van der Waals surface area contributed by atoms with Gasteiger partial charge in [-0.25, -0.2) is 0 Å². The van der Waals surface area contributed by atoms with E-state index in [1.165, 1.54) is 0 Å². The number of ketones is 1. The van der Waals surface area contributed by atoms with E-state index in [1.54, 1.807) is 24.3 Å². The van der Waals surface area contributed by atoms with Crippen molar-refractivity contribution in [2.24, 2.45) is 0 Å². The van der Waals surface area contributed by atoms with Crippen molar-refractivity contribution in [1.29, 1.82) is 0 Å². The maximum absolute atomic E-state index is 12.3. The van der Waals surface area contributed by atoms with Crippen LogP contribution in [-0.2, 0) is 11.2 Å². The molecule has 0 heterocycles. The summed E-state index contributed by atoms with van der Waals surface area (Å²) in [6, 6.07) is 18.2. The zero-order chi connectivity index (χ0) is 14.4. The molecule has 0 unspecified atom stereocenters. The van der Waals surface area contributed by atoms with Crippen LogP contribution in [0.5, 0.6) is 0 Å². The molecule has 0 aliphatic rings.